The SMILES string of the molecule is Clc1ccccc1C1CC(NCCc2ncc[nH]2)C1. The van der Waals surface area contributed by atoms with E-state index < -0.39 is 0 Å². The highest BCUT2D eigenvalue weighted by molar-refractivity contribution is 6.31. The van der Waals surface area contributed by atoms with Gasteiger partial charge in [0.15, 0.2) is 0 Å². The number of benzene rings is 1. The van der Waals surface area contributed by atoms with E-state index in [4.69, 9.17) is 11.6 Å². The monoisotopic (exact) mass is 275 g/mol. The van der Waals surface area contributed by atoms with Gasteiger partial charge in [-0.1, -0.05) is 29.8 Å². The molecule has 0 bridgehead atoms. The van der Waals surface area contributed by atoms with Gasteiger partial charge < -0.3 is 10.3 Å². The quantitative estimate of drug-likeness (QED) is 0.880. The molecule has 4 heteroatoms. The maximum absolute atomic E-state index is 6.22. The molecular formula is C15H18ClN3. The molecule has 1 fully saturated rings. The first-order valence-electron chi connectivity index (χ1n) is 6.79. The summed E-state index contributed by atoms with van der Waals surface area (Å²) in [5, 5.41) is 4.48. The molecule has 2 aromatic rings. The number of halogens is 1. The van der Waals surface area contributed by atoms with Gasteiger partial charge in [-0.3, -0.25) is 0 Å². The Morgan fingerprint density at radius 3 is 2.89 bits per heavy atom. The Labute approximate surface area is 118 Å². The van der Waals surface area contributed by atoms with E-state index in [9.17, 15) is 0 Å². The summed E-state index contributed by atoms with van der Waals surface area (Å²) in [5.74, 6) is 1.67. The molecule has 1 saturated carbocycles. The van der Waals surface area contributed by atoms with Crippen LogP contribution in [-0.2, 0) is 6.42 Å². The molecule has 0 amide bonds. The van der Waals surface area contributed by atoms with Gasteiger partial charge in [0.05, 0.1) is 0 Å². The predicted octanol–water partition coefficient (Wildman–Crippen LogP) is 3.14. The van der Waals surface area contributed by atoms with Crippen LogP contribution >= 0.6 is 11.6 Å². The second-order valence-corrected chi connectivity index (χ2v) is 5.53. The highest BCUT2D eigenvalue weighted by Crippen LogP contribution is 2.39. The number of H-pyrrole nitrogens is 1. The average molecular weight is 276 g/mol. The minimum Gasteiger partial charge on any atom is -0.349 e. The third-order valence-electron chi connectivity index (χ3n) is 3.83. The topological polar surface area (TPSA) is 40.7 Å². The van der Waals surface area contributed by atoms with Crippen molar-refractivity contribution in [1.29, 1.82) is 0 Å². The van der Waals surface area contributed by atoms with Crippen LogP contribution in [0.4, 0.5) is 0 Å². The molecule has 1 aromatic heterocycles. The first kappa shape index (κ1) is 12.7. The van der Waals surface area contributed by atoms with Crippen LogP contribution in [0.5, 0.6) is 0 Å². The lowest BCUT2D eigenvalue weighted by Crippen LogP contribution is -2.41. The second kappa shape index (κ2) is 5.76. The van der Waals surface area contributed by atoms with Gasteiger partial charge >= 0.3 is 0 Å². The summed E-state index contributed by atoms with van der Waals surface area (Å²) < 4.78 is 0. The van der Waals surface area contributed by atoms with Gasteiger partial charge in [0.1, 0.15) is 5.82 Å². The van der Waals surface area contributed by atoms with Crippen LogP contribution in [0.1, 0.15) is 30.1 Å². The molecule has 0 spiro atoms. The molecule has 19 heavy (non-hydrogen) atoms. The van der Waals surface area contributed by atoms with Gasteiger partial charge in [0, 0.05) is 36.4 Å². The van der Waals surface area contributed by atoms with E-state index in [1.165, 1.54) is 18.4 Å². The second-order valence-electron chi connectivity index (χ2n) is 5.13. The fourth-order valence-electron chi connectivity index (χ4n) is 2.67. The number of aromatic amines is 1. The molecule has 0 atom stereocenters. The molecule has 1 aliphatic rings. The fraction of sp³-hybridized carbons (Fsp3) is 0.400. The number of hydrogen-bond acceptors (Lipinski definition) is 2. The fourth-order valence-corrected chi connectivity index (χ4v) is 2.96. The summed E-state index contributed by atoms with van der Waals surface area (Å²) in [6, 6.07) is 8.81. The summed E-state index contributed by atoms with van der Waals surface area (Å²) in [7, 11) is 0. The number of rotatable bonds is 5. The molecule has 3 rings (SSSR count). The standard InChI is InChI=1S/C15H18ClN3/c16-14-4-2-1-3-13(14)11-9-12(10-11)17-6-5-15-18-7-8-19-15/h1-4,7-8,11-12,17H,5-6,9-10H2,(H,18,19). The Hall–Kier alpha value is -1.32. The van der Waals surface area contributed by atoms with Gasteiger partial charge in [-0.15, -0.1) is 0 Å². The van der Waals surface area contributed by atoms with Gasteiger partial charge in [-0.25, -0.2) is 4.98 Å². The van der Waals surface area contributed by atoms with Crippen LogP contribution in [0.25, 0.3) is 0 Å². The first-order chi connectivity index (χ1) is 9.33. The Morgan fingerprint density at radius 2 is 2.16 bits per heavy atom. The highest BCUT2D eigenvalue weighted by atomic mass is 35.5. The van der Waals surface area contributed by atoms with Crippen molar-refractivity contribution in [3.8, 4) is 0 Å². The van der Waals surface area contributed by atoms with E-state index in [0.29, 0.717) is 12.0 Å². The van der Waals surface area contributed by atoms with E-state index in [1.54, 1.807) is 6.20 Å². The lowest BCUT2D eigenvalue weighted by Gasteiger charge is -2.36. The normalized spacial score (nSPS) is 22.2. The zero-order valence-corrected chi connectivity index (χ0v) is 11.5. The first-order valence-corrected chi connectivity index (χ1v) is 7.17. The molecule has 1 aromatic carbocycles. The minimum absolute atomic E-state index is 0.620. The number of imidazole rings is 1. The van der Waals surface area contributed by atoms with Crippen LogP contribution in [-0.4, -0.2) is 22.6 Å². The van der Waals surface area contributed by atoms with Crippen molar-refractivity contribution in [2.75, 3.05) is 6.54 Å². The van der Waals surface area contributed by atoms with Crippen molar-refractivity contribution >= 4 is 11.6 Å². The highest BCUT2D eigenvalue weighted by Gasteiger charge is 2.30. The zero-order valence-electron chi connectivity index (χ0n) is 10.8. The number of aromatic nitrogens is 2. The van der Waals surface area contributed by atoms with Crippen molar-refractivity contribution in [2.24, 2.45) is 0 Å². The van der Waals surface area contributed by atoms with Crippen LogP contribution < -0.4 is 5.32 Å². The Kier molecular flexibility index (Phi) is 3.85. The van der Waals surface area contributed by atoms with Crippen LogP contribution in [0, 0.1) is 0 Å². The molecule has 0 unspecified atom stereocenters. The molecular weight excluding hydrogens is 258 g/mol. The Morgan fingerprint density at radius 1 is 1.32 bits per heavy atom. The molecule has 0 radical (unpaired) electrons. The Balaban J connectivity index is 1.42. The summed E-state index contributed by atoms with van der Waals surface area (Å²) in [6.45, 7) is 0.980. The molecule has 0 aliphatic heterocycles. The van der Waals surface area contributed by atoms with Gasteiger partial charge in [0.2, 0.25) is 0 Å². The van der Waals surface area contributed by atoms with Crippen molar-refractivity contribution in [1.82, 2.24) is 15.3 Å². The maximum Gasteiger partial charge on any atom is 0.107 e. The third-order valence-corrected chi connectivity index (χ3v) is 4.18. The molecule has 1 aliphatic carbocycles. The van der Waals surface area contributed by atoms with E-state index in [0.717, 1.165) is 23.8 Å². The minimum atomic E-state index is 0.620. The molecule has 0 saturated heterocycles. The summed E-state index contributed by atoms with van der Waals surface area (Å²) in [4.78, 5) is 7.34. The predicted molar refractivity (Wildman–Crippen MR) is 77.5 cm³/mol. The molecule has 3 nitrogen and oxygen atoms in total. The number of nitrogens with one attached hydrogen (secondary N) is 2. The largest absolute Gasteiger partial charge is 0.349 e. The lowest BCUT2D eigenvalue weighted by molar-refractivity contribution is 0.292. The van der Waals surface area contributed by atoms with Crippen molar-refractivity contribution < 1.29 is 0 Å². The van der Waals surface area contributed by atoms with Crippen LogP contribution in [0.15, 0.2) is 36.7 Å². The van der Waals surface area contributed by atoms with Gasteiger partial charge in [-0.05, 0) is 30.4 Å². The Bertz CT molecular complexity index is 518. The molecule has 100 valence electrons. The zero-order chi connectivity index (χ0) is 13.1. The van der Waals surface area contributed by atoms with E-state index in [2.05, 4.69) is 27.4 Å². The van der Waals surface area contributed by atoms with E-state index in [-0.39, 0.29) is 0 Å². The number of hydrogen-bond donors (Lipinski definition) is 2. The van der Waals surface area contributed by atoms with E-state index >= 15 is 0 Å². The average Bonchev–Trinajstić information content (AvgIpc) is 2.87. The third kappa shape index (κ3) is 2.99. The summed E-state index contributed by atoms with van der Waals surface area (Å²) in [5.41, 5.74) is 1.30. The summed E-state index contributed by atoms with van der Waals surface area (Å²) in [6.07, 6.45) is 6.99. The van der Waals surface area contributed by atoms with Crippen molar-refractivity contribution in [3.63, 3.8) is 0 Å². The number of nitrogens with zero attached hydrogens (tertiary/aromatic N) is 1. The van der Waals surface area contributed by atoms with Crippen LogP contribution in [0.2, 0.25) is 5.02 Å². The van der Waals surface area contributed by atoms with Crippen molar-refractivity contribution in [2.45, 2.75) is 31.2 Å². The molecule has 2 N–H and O–H groups in total. The smallest absolute Gasteiger partial charge is 0.107 e. The molecule has 1 heterocycles. The van der Waals surface area contributed by atoms with Crippen LogP contribution in [0.3, 0.4) is 0 Å². The summed E-state index contributed by atoms with van der Waals surface area (Å²) >= 11 is 6.22. The van der Waals surface area contributed by atoms with Gasteiger partial charge in [0.25, 0.3) is 0 Å². The lowest BCUT2D eigenvalue weighted by atomic mass is 9.76. The van der Waals surface area contributed by atoms with E-state index in [1.807, 2.05) is 18.3 Å². The van der Waals surface area contributed by atoms with Gasteiger partial charge in [-0.2, -0.15) is 0 Å². The maximum atomic E-state index is 6.22. The van der Waals surface area contributed by atoms with Crippen molar-refractivity contribution in [3.05, 3.63) is 53.1 Å².